The third kappa shape index (κ3) is 6.52. The summed E-state index contributed by atoms with van der Waals surface area (Å²) in [6.07, 6.45) is -4.00. The Bertz CT molecular complexity index is 1680. The monoisotopic (exact) mass is 571 g/mol. The summed E-state index contributed by atoms with van der Waals surface area (Å²) in [4.78, 5) is 25.0. The maximum atomic E-state index is 13.5. The van der Waals surface area contributed by atoms with Crippen LogP contribution < -0.4 is 21.3 Å². The van der Waals surface area contributed by atoms with Crippen LogP contribution in [0.5, 0.6) is 0 Å². The zero-order valence-corrected chi connectivity index (χ0v) is 21.7. The van der Waals surface area contributed by atoms with Gasteiger partial charge in [0.05, 0.1) is 34.8 Å². The zero-order valence-electron chi connectivity index (χ0n) is 20.9. The fourth-order valence-corrected chi connectivity index (χ4v) is 4.52. The molecule has 0 radical (unpaired) electrons. The molecule has 1 aliphatic rings. The molecule has 208 valence electrons. The number of nitrogens with two attached hydrogens (primary N) is 2. The van der Waals surface area contributed by atoms with E-state index in [1.54, 1.807) is 30.3 Å². The number of primary sulfonamides is 1. The van der Waals surface area contributed by atoms with E-state index in [1.165, 1.54) is 30.3 Å². The Morgan fingerprint density at radius 1 is 0.975 bits per heavy atom. The van der Waals surface area contributed by atoms with Crippen molar-refractivity contribution in [3.8, 4) is 11.3 Å². The first-order chi connectivity index (χ1) is 18.9. The largest absolute Gasteiger partial charge is 0.394 e. The van der Waals surface area contributed by atoms with Gasteiger partial charge in [0.2, 0.25) is 16.0 Å². The molecular weight excluding hydrogens is 547 g/mol. The minimum Gasteiger partial charge on any atom is -0.349 e. The van der Waals surface area contributed by atoms with E-state index in [0.29, 0.717) is 22.4 Å². The molecule has 0 unspecified atom stereocenters. The number of amides is 1. The average molecular weight is 572 g/mol. The lowest BCUT2D eigenvalue weighted by Crippen LogP contribution is -2.32. The molecule has 10 nitrogen and oxygen atoms in total. The average Bonchev–Trinajstić information content (AvgIpc) is 3.71. The Balaban J connectivity index is 1.44. The number of sulfonamides is 1. The first-order valence-electron chi connectivity index (χ1n) is 12.2. The first kappa shape index (κ1) is 27.4. The van der Waals surface area contributed by atoms with Gasteiger partial charge in [-0.2, -0.15) is 13.2 Å². The van der Waals surface area contributed by atoms with Gasteiger partial charge in [0.15, 0.2) is 0 Å². The van der Waals surface area contributed by atoms with E-state index in [9.17, 15) is 26.4 Å². The van der Waals surface area contributed by atoms with E-state index in [0.717, 1.165) is 17.9 Å². The number of hydrazine groups is 1. The summed E-state index contributed by atoms with van der Waals surface area (Å²) in [6.45, 7) is -0.0198. The number of hydrogen-bond donors (Lipinski definition) is 3. The van der Waals surface area contributed by atoms with Gasteiger partial charge in [-0.1, -0.05) is 24.3 Å². The summed E-state index contributed by atoms with van der Waals surface area (Å²) in [5.41, 5.74) is 1.81. The van der Waals surface area contributed by atoms with Gasteiger partial charge >= 0.3 is 6.18 Å². The summed E-state index contributed by atoms with van der Waals surface area (Å²) in [7, 11) is -3.88. The molecule has 1 aliphatic carbocycles. The Morgan fingerprint density at radius 2 is 1.65 bits per heavy atom. The normalized spacial score (nSPS) is 13.8. The molecule has 2 heterocycles. The highest BCUT2D eigenvalue weighted by Gasteiger charge is 2.31. The van der Waals surface area contributed by atoms with Crippen LogP contribution >= 0.6 is 0 Å². The quantitative estimate of drug-likeness (QED) is 0.215. The van der Waals surface area contributed by atoms with Crippen molar-refractivity contribution in [3.05, 3.63) is 77.5 Å². The van der Waals surface area contributed by atoms with E-state index in [1.807, 2.05) is 0 Å². The van der Waals surface area contributed by atoms with Gasteiger partial charge in [-0.05, 0) is 54.8 Å². The predicted octanol–water partition coefficient (Wildman–Crippen LogP) is 3.22. The Kier molecular flexibility index (Phi) is 7.16. The molecule has 1 saturated carbocycles. The molecule has 0 atom stereocenters. The molecule has 2 aromatic carbocycles. The van der Waals surface area contributed by atoms with Gasteiger partial charge in [-0.3, -0.25) is 9.80 Å². The van der Waals surface area contributed by atoms with Crippen LogP contribution in [0.15, 0.2) is 65.6 Å². The minimum absolute atomic E-state index is 0.0198. The third-order valence-corrected chi connectivity index (χ3v) is 7.12. The topological polar surface area (TPSA) is 157 Å². The number of benzene rings is 2. The van der Waals surface area contributed by atoms with Crippen LogP contribution in [0.4, 0.5) is 19.1 Å². The highest BCUT2D eigenvalue weighted by atomic mass is 32.2. The van der Waals surface area contributed by atoms with Crippen molar-refractivity contribution in [2.45, 2.75) is 42.9 Å². The second kappa shape index (κ2) is 10.4. The zero-order chi connectivity index (χ0) is 28.7. The maximum Gasteiger partial charge on any atom is 0.394 e. The number of rotatable bonds is 8. The standard InChI is InChI=1S/C26H24F3N7O3S/c27-26(28,29)13-22-23-21(34-25(35-22)36(30)14-15-1-9-19(10-2-15)40(31,38)39)12-11-20(33-23)16-3-5-17(6-4-16)24(37)32-18-7-8-18/h1-6,9-12,18H,7-8,13-14,30H2,(H,32,37)(H2,31,38,39). The molecule has 2 aromatic heterocycles. The molecule has 14 heteroatoms. The van der Waals surface area contributed by atoms with Crippen molar-refractivity contribution in [2.24, 2.45) is 11.0 Å². The molecule has 4 aromatic rings. The number of nitrogens with zero attached hydrogens (tertiary/aromatic N) is 4. The number of anilines is 1. The van der Waals surface area contributed by atoms with Crippen LogP contribution in [-0.4, -0.2) is 41.5 Å². The second-order valence-electron chi connectivity index (χ2n) is 9.47. The SMILES string of the molecule is NN(Cc1ccc(S(N)(=O)=O)cc1)c1nc(CC(F)(F)F)c2nc(-c3ccc(C(=O)NC4CC4)cc3)ccc2n1. The number of fused-ring (bicyclic) bond motifs is 1. The number of nitrogens with one attached hydrogen (secondary N) is 1. The number of carbonyl (C=O) groups is 1. The van der Waals surface area contributed by atoms with E-state index in [2.05, 4.69) is 20.3 Å². The molecule has 5 rings (SSSR count). The van der Waals surface area contributed by atoms with Crippen molar-refractivity contribution < 1.29 is 26.4 Å². The smallest absolute Gasteiger partial charge is 0.349 e. The van der Waals surface area contributed by atoms with Gasteiger partial charge in [0.1, 0.15) is 5.52 Å². The van der Waals surface area contributed by atoms with Crippen LogP contribution in [0.3, 0.4) is 0 Å². The summed E-state index contributed by atoms with van der Waals surface area (Å²) in [5.74, 6) is 5.76. The van der Waals surface area contributed by atoms with E-state index >= 15 is 0 Å². The highest BCUT2D eigenvalue weighted by molar-refractivity contribution is 7.89. The molecule has 1 fully saturated rings. The van der Waals surface area contributed by atoms with Crippen LogP contribution in [0, 0.1) is 0 Å². The van der Waals surface area contributed by atoms with Crippen molar-refractivity contribution in [2.75, 3.05) is 5.01 Å². The molecule has 5 N–H and O–H groups in total. The van der Waals surface area contributed by atoms with E-state index in [-0.39, 0.29) is 46.1 Å². The second-order valence-corrected chi connectivity index (χ2v) is 11.0. The molecule has 0 aliphatic heterocycles. The lowest BCUT2D eigenvalue weighted by molar-refractivity contribution is -0.127. The van der Waals surface area contributed by atoms with Crippen molar-refractivity contribution >= 4 is 32.9 Å². The van der Waals surface area contributed by atoms with E-state index in [4.69, 9.17) is 11.0 Å². The molecule has 1 amide bonds. The number of hydrogen-bond acceptors (Lipinski definition) is 8. The maximum absolute atomic E-state index is 13.5. The summed E-state index contributed by atoms with van der Waals surface area (Å²) in [6, 6.07) is 15.5. The highest BCUT2D eigenvalue weighted by Crippen LogP contribution is 2.28. The van der Waals surface area contributed by atoms with Crippen LogP contribution in [0.2, 0.25) is 0 Å². The number of alkyl halides is 3. The van der Waals surface area contributed by atoms with Crippen LogP contribution in [0.1, 0.15) is 34.5 Å². The van der Waals surface area contributed by atoms with Gasteiger partial charge in [-0.15, -0.1) is 0 Å². The van der Waals surface area contributed by atoms with Crippen molar-refractivity contribution in [1.82, 2.24) is 20.3 Å². The van der Waals surface area contributed by atoms with Gasteiger partial charge in [-0.25, -0.2) is 34.4 Å². The van der Waals surface area contributed by atoms with Crippen LogP contribution in [0.25, 0.3) is 22.3 Å². The third-order valence-electron chi connectivity index (χ3n) is 6.19. The number of pyridine rings is 1. The summed E-state index contributed by atoms with van der Waals surface area (Å²) in [5, 5.41) is 9.07. The Labute approximate surface area is 227 Å². The van der Waals surface area contributed by atoms with Crippen LogP contribution in [-0.2, 0) is 23.0 Å². The van der Waals surface area contributed by atoms with Crippen molar-refractivity contribution in [3.63, 3.8) is 0 Å². The number of carbonyl (C=O) groups excluding carboxylic acids is 1. The number of halogens is 3. The fraction of sp³-hybridized carbons (Fsp3) is 0.231. The predicted molar refractivity (Wildman–Crippen MR) is 141 cm³/mol. The minimum atomic E-state index is -4.57. The van der Waals surface area contributed by atoms with E-state index < -0.39 is 22.6 Å². The van der Waals surface area contributed by atoms with Gasteiger partial charge < -0.3 is 5.32 Å². The first-order valence-corrected chi connectivity index (χ1v) is 13.7. The Hall–Kier alpha value is -4.14. The summed E-state index contributed by atoms with van der Waals surface area (Å²) >= 11 is 0. The molecule has 0 saturated heterocycles. The van der Waals surface area contributed by atoms with Gasteiger partial charge in [0.25, 0.3) is 5.91 Å². The molecular formula is C26H24F3N7O3S. The lowest BCUT2D eigenvalue weighted by Gasteiger charge is -2.19. The van der Waals surface area contributed by atoms with Gasteiger partial charge in [0, 0.05) is 17.2 Å². The summed E-state index contributed by atoms with van der Waals surface area (Å²) < 4.78 is 63.4. The lowest BCUT2D eigenvalue weighted by atomic mass is 10.1. The van der Waals surface area contributed by atoms with Crippen molar-refractivity contribution in [1.29, 1.82) is 0 Å². The molecule has 0 bridgehead atoms. The fourth-order valence-electron chi connectivity index (χ4n) is 4.00. The number of aromatic nitrogens is 3. The molecule has 0 spiro atoms. The molecule has 40 heavy (non-hydrogen) atoms. The Morgan fingerprint density at radius 3 is 2.25 bits per heavy atom.